The van der Waals surface area contributed by atoms with Crippen LogP contribution in [0, 0.1) is 0 Å². The van der Waals surface area contributed by atoms with Crippen LogP contribution in [0.15, 0.2) is 46.9 Å². The monoisotopic (exact) mass is 305 g/mol. The van der Waals surface area contributed by atoms with Crippen molar-refractivity contribution in [1.29, 1.82) is 0 Å². The number of aromatic nitrogens is 1. The van der Waals surface area contributed by atoms with Gasteiger partial charge in [-0.25, -0.2) is 4.98 Å². The van der Waals surface area contributed by atoms with Gasteiger partial charge in [0.1, 0.15) is 11.6 Å². The molecule has 0 saturated carbocycles. The van der Waals surface area contributed by atoms with Crippen LogP contribution in [0.1, 0.15) is 13.3 Å². The van der Waals surface area contributed by atoms with Gasteiger partial charge in [0.05, 0.1) is 0 Å². The Balaban J connectivity index is 2.06. The van der Waals surface area contributed by atoms with Crippen molar-refractivity contribution < 1.29 is 0 Å². The van der Waals surface area contributed by atoms with E-state index in [0.29, 0.717) is 0 Å². The van der Waals surface area contributed by atoms with Crippen LogP contribution in [-0.2, 0) is 0 Å². The number of hydrogen-bond donors (Lipinski definition) is 2. The molecule has 0 aliphatic heterocycles. The number of nitrogens with zero attached hydrogens (tertiary/aromatic N) is 1. The second-order valence-corrected chi connectivity index (χ2v) is 4.88. The van der Waals surface area contributed by atoms with Gasteiger partial charge in [0.2, 0.25) is 0 Å². The first-order valence-corrected chi connectivity index (χ1v) is 6.81. The van der Waals surface area contributed by atoms with Crippen molar-refractivity contribution in [1.82, 2.24) is 4.98 Å². The van der Waals surface area contributed by atoms with Crippen molar-refractivity contribution in [3.8, 4) is 0 Å². The molecule has 0 atom stereocenters. The van der Waals surface area contributed by atoms with Gasteiger partial charge >= 0.3 is 0 Å². The van der Waals surface area contributed by atoms with Crippen LogP contribution >= 0.6 is 15.9 Å². The fourth-order valence-electron chi connectivity index (χ4n) is 1.54. The smallest absolute Gasteiger partial charge is 0.132 e. The molecule has 18 heavy (non-hydrogen) atoms. The van der Waals surface area contributed by atoms with E-state index >= 15 is 0 Å². The summed E-state index contributed by atoms with van der Waals surface area (Å²) in [5.74, 6) is 1.75. The second-order valence-electron chi connectivity index (χ2n) is 3.97. The second kappa shape index (κ2) is 6.40. The predicted octanol–water partition coefficient (Wildman–Crippen LogP) is 4.41. The van der Waals surface area contributed by atoms with Crippen molar-refractivity contribution in [2.24, 2.45) is 0 Å². The third-order valence-electron chi connectivity index (χ3n) is 2.42. The fourth-order valence-corrected chi connectivity index (χ4v) is 1.80. The van der Waals surface area contributed by atoms with Gasteiger partial charge in [-0.2, -0.15) is 0 Å². The minimum atomic E-state index is 0.846. The van der Waals surface area contributed by atoms with Crippen LogP contribution in [0.3, 0.4) is 0 Å². The van der Waals surface area contributed by atoms with Crippen molar-refractivity contribution in [2.45, 2.75) is 13.3 Å². The number of anilines is 3. The highest BCUT2D eigenvalue weighted by Gasteiger charge is 1.98. The highest BCUT2D eigenvalue weighted by molar-refractivity contribution is 9.10. The van der Waals surface area contributed by atoms with E-state index < -0.39 is 0 Å². The summed E-state index contributed by atoms with van der Waals surface area (Å²) < 4.78 is 1.07. The maximum Gasteiger partial charge on any atom is 0.132 e. The zero-order valence-corrected chi connectivity index (χ0v) is 11.9. The Bertz CT molecular complexity index is 497. The molecule has 2 aromatic rings. The van der Waals surface area contributed by atoms with Crippen molar-refractivity contribution in [3.63, 3.8) is 0 Å². The maximum absolute atomic E-state index is 4.49. The number of halogens is 1. The zero-order valence-electron chi connectivity index (χ0n) is 10.3. The van der Waals surface area contributed by atoms with E-state index in [2.05, 4.69) is 38.5 Å². The maximum atomic E-state index is 4.49. The molecule has 3 nitrogen and oxygen atoms in total. The Morgan fingerprint density at radius 1 is 1.06 bits per heavy atom. The van der Waals surface area contributed by atoms with Crippen LogP contribution in [0.2, 0.25) is 0 Å². The van der Waals surface area contributed by atoms with E-state index in [1.807, 2.05) is 42.5 Å². The fraction of sp³-hybridized carbons (Fsp3) is 0.214. The molecule has 0 spiro atoms. The van der Waals surface area contributed by atoms with Crippen LogP contribution in [0.25, 0.3) is 0 Å². The molecule has 2 rings (SSSR count). The van der Waals surface area contributed by atoms with E-state index in [4.69, 9.17) is 0 Å². The topological polar surface area (TPSA) is 37.0 Å². The van der Waals surface area contributed by atoms with Gasteiger partial charge in [-0.1, -0.05) is 28.9 Å². The third kappa shape index (κ3) is 3.74. The summed E-state index contributed by atoms with van der Waals surface area (Å²) in [6.45, 7) is 3.08. The van der Waals surface area contributed by atoms with Crippen LogP contribution in [0.4, 0.5) is 17.3 Å². The standard InChI is InChI=1S/C14H16BrN3/c1-2-10-16-13-4-3-5-14(18-13)17-12-8-6-11(15)7-9-12/h3-9H,2,10H2,1H3,(H2,16,17,18). The molecular formula is C14H16BrN3. The lowest BCUT2D eigenvalue weighted by Crippen LogP contribution is -2.03. The summed E-state index contributed by atoms with van der Waals surface area (Å²) in [5.41, 5.74) is 1.03. The third-order valence-corrected chi connectivity index (χ3v) is 2.95. The van der Waals surface area contributed by atoms with Gasteiger partial charge in [0.15, 0.2) is 0 Å². The molecule has 0 bridgehead atoms. The number of benzene rings is 1. The van der Waals surface area contributed by atoms with Crippen LogP contribution in [-0.4, -0.2) is 11.5 Å². The highest BCUT2D eigenvalue weighted by atomic mass is 79.9. The van der Waals surface area contributed by atoms with E-state index in [9.17, 15) is 0 Å². The summed E-state index contributed by atoms with van der Waals surface area (Å²) in [6.07, 6.45) is 1.09. The molecule has 1 aromatic carbocycles. The molecule has 0 radical (unpaired) electrons. The molecule has 1 aromatic heterocycles. The molecule has 94 valence electrons. The van der Waals surface area contributed by atoms with Gasteiger partial charge < -0.3 is 10.6 Å². The molecule has 0 amide bonds. The molecule has 0 aliphatic carbocycles. The Labute approximate surface area is 116 Å². The first-order chi connectivity index (χ1) is 8.78. The summed E-state index contributed by atoms with van der Waals surface area (Å²) in [7, 11) is 0. The Morgan fingerprint density at radius 2 is 1.78 bits per heavy atom. The summed E-state index contributed by atoms with van der Waals surface area (Å²) in [4.78, 5) is 4.49. The number of hydrogen-bond acceptors (Lipinski definition) is 3. The lowest BCUT2D eigenvalue weighted by atomic mass is 10.3. The van der Waals surface area contributed by atoms with E-state index in [0.717, 1.165) is 34.8 Å². The Morgan fingerprint density at radius 3 is 2.50 bits per heavy atom. The first kappa shape index (κ1) is 12.9. The number of pyridine rings is 1. The number of nitrogens with one attached hydrogen (secondary N) is 2. The van der Waals surface area contributed by atoms with Gasteiger partial charge in [-0.15, -0.1) is 0 Å². The number of rotatable bonds is 5. The minimum Gasteiger partial charge on any atom is -0.370 e. The molecule has 2 N–H and O–H groups in total. The highest BCUT2D eigenvalue weighted by Crippen LogP contribution is 2.18. The van der Waals surface area contributed by atoms with E-state index in [1.54, 1.807) is 0 Å². The van der Waals surface area contributed by atoms with Crippen molar-refractivity contribution >= 4 is 33.3 Å². The lowest BCUT2D eigenvalue weighted by Gasteiger charge is -2.08. The van der Waals surface area contributed by atoms with Gasteiger partial charge in [0.25, 0.3) is 0 Å². The van der Waals surface area contributed by atoms with Crippen LogP contribution in [0.5, 0.6) is 0 Å². The molecule has 0 aliphatic rings. The normalized spacial score (nSPS) is 10.1. The lowest BCUT2D eigenvalue weighted by molar-refractivity contribution is 0.970. The first-order valence-electron chi connectivity index (χ1n) is 6.01. The van der Waals surface area contributed by atoms with Gasteiger partial charge in [0, 0.05) is 16.7 Å². The van der Waals surface area contributed by atoms with Gasteiger partial charge in [-0.05, 0) is 42.8 Å². The van der Waals surface area contributed by atoms with Gasteiger partial charge in [-0.3, -0.25) is 0 Å². The van der Waals surface area contributed by atoms with Crippen LogP contribution < -0.4 is 10.6 Å². The Kier molecular flexibility index (Phi) is 4.59. The quantitative estimate of drug-likeness (QED) is 0.859. The van der Waals surface area contributed by atoms with E-state index in [-0.39, 0.29) is 0 Å². The molecule has 4 heteroatoms. The molecule has 0 unspecified atom stereocenters. The molecular weight excluding hydrogens is 290 g/mol. The minimum absolute atomic E-state index is 0.846. The van der Waals surface area contributed by atoms with Crippen molar-refractivity contribution in [3.05, 3.63) is 46.9 Å². The van der Waals surface area contributed by atoms with Crippen molar-refractivity contribution in [2.75, 3.05) is 17.2 Å². The summed E-state index contributed by atoms with van der Waals surface area (Å²) in [6, 6.07) is 14.0. The average molecular weight is 306 g/mol. The molecule has 1 heterocycles. The largest absolute Gasteiger partial charge is 0.370 e. The molecule has 0 saturated heterocycles. The predicted molar refractivity (Wildman–Crippen MR) is 80.4 cm³/mol. The zero-order chi connectivity index (χ0) is 12.8. The summed E-state index contributed by atoms with van der Waals surface area (Å²) in [5, 5.41) is 6.55. The summed E-state index contributed by atoms with van der Waals surface area (Å²) >= 11 is 3.42. The Hall–Kier alpha value is -1.55. The van der Waals surface area contributed by atoms with E-state index in [1.165, 1.54) is 0 Å². The SMILES string of the molecule is CCCNc1cccc(Nc2ccc(Br)cc2)n1. The average Bonchev–Trinajstić information content (AvgIpc) is 2.40. The molecule has 0 fully saturated rings.